The molecule has 0 spiro atoms. The number of hydrogen-bond acceptors (Lipinski definition) is 2. The molecule has 0 atom stereocenters. The second-order valence-corrected chi connectivity index (χ2v) is 7.58. The van der Waals surface area contributed by atoms with E-state index in [0.717, 1.165) is 16.9 Å². The third kappa shape index (κ3) is 3.49. The highest BCUT2D eigenvalue weighted by Crippen LogP contribution is 2.44. The molecule has 0 saturated heterocycles. The van der Waals surface area contributed by atoms with Crippen LogP contribution in [0.15, 0.2) is 33.6 Å². The minimum atomic E-state index is 0.278. The quantitative estimate of drug-likeness (QED) is 0.892. The van der Waals surface area contributed by atoms with E-state index in [9.17, 15) is 0 Å². The molecule has 1 aliphatic rings. The number of thioether (sulfide) groups is 1. The molecule has 1 fully saturated rings. The first-order valence-electron chi connectivity index (χ1n) is 6.28. The Morgan fingerprint density at radius 1 is 1.29 bits per heavy atom. The fraction of sp³-hybridized carbons (Fsp3) is 0.571. The second kappa shape index (κ2) is 5.77. The number of rotatable bonds is 3. The summed E-state index contributed by atoms with van der Waals surface area (Å²) in [5.41, 5.74) is 6.03. The second-order valence-electron chi connectivity index (χ2n) is 5.13. The highest BCUT2D eigenvalue weighted by molar-refractivity contribution is 9.10. The van der Waals surface area contributed by atoms with E-state index in [1.807, 2.05) is 11.8 Å². The van der Waals surface area contributed by atoms with Crippen LogP contribution in [-0.2, 0) is 0 Å². The normalized spacial score (nSPS) is 29.2. The maximum Gasteiger partial charge on any atom is 0.0329 e. The molecule has 2 rings (SSSR count). The highest BCUT2D eigenvalue weighted by Gasteiger charge is 2.33. The van der Waals surface area contributed by atoms with Gasteiger partial charge in [-0.2, -0.15) is 0 Å². The fourth-order valence-electron chi connectivity index (χ4n) is 2.39. The molecular weight excluding hydrogens is 294 g/mol. The van der Waals surface area contributed by atoms with Gasteiger partial charge in [0.1, 0.15) is 0 Å². The summed E-state index contributed by atoms with van der Waals surface area (Å²) in [4.78, 5) is 1.34. The SMILES string of the molecule is CC1CCC(CN)(Sc2ccc(Br)cc2)CC1. The van der Waals surface area contributed by atoms with Gasteiger partial charge in [-0.15, -0.1) is 11.8 Å². The molecule has 1 aromatic rings. The molecule has 0 unspecified atom stereocenters. The van der Waals surface area contributed by atoms with Gasteiger partial charge in [0, 0.05) is 20.7 Å². The summed E-state index contributed by atoms with van der Waals surface area (Å²) in [6, 6.07) is 8.59. The van der Waals surface area contributed by atoms with Crippen molar-refractivity contribution in [2.75, 3.05) is 6.54 Å². The van der Waals surface area contributed by atoms with Crippen molar-refractivity contribution in [3.63, 3.8) is 0 Å². The summed E-state index contributed by atoms with van der Waals surface area (Å²) in [6.07, 6.45) is 5.15. The molecule has 0 aromatic heterocycles. The van der Waals surface area contributed by atoms with E-state index < -0.39 is 0 Å². The lowest BCUT2D eigenvalue weighted by molar-refractivity contribution is 0.323. The van der Waals surface area contributed by atoms with Gasteiger partial charge in [-0.1, -0.05) is 22.9 Å². The summed E-state index contributed by atoms with van der Waals surface area (Å²) in [5, 5.41) is 0. The average molecular weight is 314 g/mol. The predicted octanol–water partition coefficient (Wildman–Crippen LogP) is 4.45. The summed E-state index contributed by atoms with van der Waals surface area (Å²) in [5.74, 6) is 0.875. The minimum absolute atomic E-state index is 0.278. The Labute approximate surface area is 117 Å². The van der Waals surface area contributed by atoms with E-state index in [1.165, 1.54) is 30.6 Å². The zero-order valence-electron chi connectivity index (χ0n) is 10.3. The van der Waals surface area contributed by atoms with Crippen molar-refractivity contribution in [2.24, 2.45) is 11.7 Å². The van der Waals surface area contributed by atoms with Gasteiger partial charge in [-0.3, -0.25) is 0 Å². The molecule has 3 heteroatoms. The number of hydrogen-bond donors (Lipinski definition) is 1. The standard InChI is InChI=1S/C14H20BrNS/c1-11-6-8-14(10-16,9-7-11)17-13-4-2-12(15)3-5-13/h2-5,11H,6-10,16H2,1H3. The van der Waals surface area contributed by atoms with Crippen molar-refractivity contribution in [2.45, 2.75) is 42.2 Å². The molecule has 1 aromatic carbocycles. The van der Waals surface area contributed by atoms with Gasteiger partial charge in [0.15, 0.2) is 0 Å². The summed E-state index contributed by atoms with van der Waals surface area (Å²) < 4.78 is 1.42. The van der Waals surface area contributed by atoms with Crippen molar-refractivity contribution >= 4 is 27.7 Å². The molecule has 0 bridgehead atoms. The van der Waals surface area contributed by atoms with Crippen LogP contribution >= 0.6 is 27.7 Å². The van der Waals surface area contributed by atoms with Crippen LogP contribution < -0.4 is 5.73 Å². The van der Waals surface area contributed by atoms with Crippen LogP contribution in [0.1, 0.15) is 32.6 Å². The molecule has 0 radical (unpaired) electrons. The molecule has 0 aliphatic heterocycles. The number of nitrogens with two attached hydrogens (primary N) is 1. The molecule has 0 amide bonds. The molecule has 2 N–H and O–H groups in total. The first kappa shape index (κ1) is 13.4. The Morgan fingerprint density at radius 2 is 1.88 bits per heavy atom. The van der Waals surface area contributed by atoms with Gasteiger partial charge in [-0.05, 0) is 55.9 Å². The van der Waals surface area contributed by atoms with Crippen molar-refractivity contribution < 1.29 is 0 Å². The molecule has 1 aliphatic carbocycles. The molecule has 1 saturated carbocycles. The summed E-state index contributed by atoms with van der Waals surface area (Å²) >= 11 is 5.45. The monoisotopic (exact) mass is 313 g/mol. The summed E-state index contributed by atoms with van der Waals surface area (Å²) in [7, 11) is 0. The van der Waals surface area contributed by atoms with Crippen molar-refractivity contribution in [1.82, 2.24) is 0 Å². The zero-order valence-corrected chi connectivity index (χ0v) is 12.7. The Bertz CT molecular complexity index is 355. The summed E-state index contributed by atoms with van der Waals surface area (Å²) in [6.45, 7) is 3.14. The van der Waals surface area contributed by atoms with Crippen LogP contribution in [-0.4, -0.2) is 11.3 Å². The lowest BCUT2D eigenvalue weighted by Gasteiger charge is -2.38. The van der Waals surface area contributed by atoms with E-state index >= 15 is 0 Å². The van der Waals surface area contributed by atoms with Gasteiger partial charge in [0.05, 0.1) is 0 Å². The first-order valence-corrected chi connectivity index (χ1v) is 7.89. The maximum atomic E-state index is 6.03. The Morgan fingerprint density at radius 3 is 2.41 bits per heavy atom. The van der Waals surface area contributed by atoms with Crippen molar-refractivity contribution in [3.8, 4) is 0 Å². The van der Waals surface area contributed by atoms with Gasteiger partial charge in [-0.25, -0.2) is 0 Å². The lowest BCUT2D eigenvalue weighted by atomic mass is 9.82. The van der Waals surface area contributed by atoms with Gasteiger partial charge in [0.2, 0.25) is 0 Å². The molecular formula is C14H20BrNS. The number of benzene rings is 1. The van der Waals surface area contributed by atoms with Crippen LogP contribution in [0.2, 0.25) is 0 Å². The Kier molecular flexibility index (Phi) is 4.56. The molecule has 17 heavy (non-hydrogen) atoms. The molecule has 94 valence electrons. The fourth-order valence-corrected chi connectivity index (χ4v) is 3.95. The molecule has 1 nitrogen and oxygen atoms in total. The van der Waals surface area contributed by atoms with Crippen molar-refractivity contribution in [1.29, 1.82) is 0 Å². The van der Waals surface area contributed by atoms with Gasteiger partial charge < -0.3 is 5.73 Å². The number of halogens is 1. The van der Waals surface area contributed by atoms with E-state index in [0.29, 0.717) is 0 Å². The topological polar surface area (TPSA) is 26.0 Å². The van der Waals surface area contributed by atoms with E-state index in [4.69, 9.17) is 5.73 Å². The lowest BCUT2D eigenvalue weighted by Crippen LogP contribution is -2.37. The predicted molar refractivity (Wildman–Crippen MR) is 79.4 cm³/mol. The van der Waals surface area contributed by atoms with Gasteiger partial charge in [0.25, 0.3) is 0 Å². The third-order valence-corrected chi connectivity index (χ3v) is 5.75. The minimum Gasteiger partial charge on any atom is -0.329 e. The Hall–Kier alpha value is 0.01000. The van der Waals surface area contributed by atoms with Crippen molar-refractivity contribution in [3.05, 3.63) is 28.7 Å². The smallest absolute Gasteiger partial charge is 0.0329 e. The van der Waals surface area contributed by atoms with E-state index in [-0.39, 0.29) is 4.75 Å². The Balaban J connectivity index is 2.06. The van der Waals surface area contributed by atoms with Crippen LogP contribution in [0.25, 0.3) is 0 Å². The first-order chi connectivity index (χ1) is 8.13. The largest absolute Gasteiger partial charge is 0.329 e. The molecule has 0 heterocycles. The average Bonchev–Trinajstić information content (AvgIpc) is 2.35. The maximum absolute atomic E-state index is 6.03. The van der Waals surface area contributed by atoms with E-state index in [2.05, 4.69) is 47.1 Å². The zero-order chi connectivity index (χ0) is 12.3. The third-order valence-electron chi connectivity index (χ3n) is 3.71. The van der Waals surface area contributed by atoms with Crippen LogP contribution in [0, 0.1) is 5.92 Å². The van der Waals surface area contributed by atoms with Gasteiger partial charge >= 0.3 is 0 Å². The highest BCUT2D eigenvalue weighted by atomic mass is 79.9. The van der Waals surface area contributed by atoms with E-state index in [1.54, 1.807) is 0 Å². The van der Waals surface area contributed by atoms with Crippen LogP contribution in [0.3, 0.4) is 0 Å². The van der Waals surface area contributed by atoms with Crippen LogP contribution in [0.5, 0.6) is 0 Å². The van der Waals surface area contributed by atoms with Crippen LogP contribution in [0.4, 0.5) is 0 Å².